The summed E-state index contributed by atoms with van der Waals surface area (Å²) in [6.45, 7) is 0.317. The summed E-state index contributed by atoms with van der Waals surface area (Å²) in [6, 6.07) is 25.7. The first kappa shape index (κ1) is 18.0. The van der Waals surface area contributed by atoms with Gasteiger partial charge in [0.2, 0.25) is 0 Å². The van der Waals surface area contributed by atoms with Crippen LogP contribution < -0.4 is 9.46 Å². The lowest BCUT2D eigenvalue weighted by molar-refractivity contribution is 0.307. The molecule has 28 heavy (non-hydrogen) atoms. The standard InChI is InChI=1S/C22H18N2O3S/c25-28(26,20-13-12-18-9-4-5-10-19(18)15-20)24-22-21(11-6-14-23-22)27-16-17-7-2-1-3-8-17/h1-15H,16H2,(H,23,24). The first-order chi connectivity index (χ1) is 13.6. The summed E-state index contributed by atoms with van der Waals surface area (Å²) in [5.41, 5.74) is 0.981. The number of hydrogen-bond acceptors (Lipinski definition) is 4. The number of hydrogen-bond donors (Lipinski definition) is 1. The lowest BCUT2D eigenvalue weighted by Crippen LogP contribution is -2.15. The molecule has 0 saturated heterocycles. The van der Waals surface area contributed by atoms with E-state index < -0.39 is 10.0 Å². The molecule has 1 aromatic heterocycles. The fourth-order valence-electron chi connectivity index (χ4n) is 2.84. The molecule has 0 atom stereocenters. The summed E-state index contributed by atoms with van der Waals surface area (Å²) in [5.74, 6) is 0.530. The van der Waals surface area contributed by atoms with Gasteiger partial charge in [-0.3, -0.25) is 4.72 Å². The van der Waals surface area contributed by atoms with E-state index in [0.717, 1.165) is 16.3 Å². The van der Waals surface area contributed by atoms with E-state index in [1.807, 2.05) is 54.6 Å². The number of nitrogens with one attached hydrogen (secondary N) is 1. The quantitative estimate of drug-likeness (QED) is 0.522. The van der Waals surface area contributed by atoms with Crippen LogP contribution in [0, 0.1) is 0 Å². The van der Waals surface area contributed by atoms with Crippen molar-refractivity contribution >= 4 is 26.6 Å². The smallest absolute Gasteiger partial charge is 0.263 e. The predicted octanol–water partition coefficient (Wildman–Crippen LogP) is 4.61. The molecule has 6 heteroatoms. The summed E-state index contributed by atoms with van der Waals surface area (Å²) >= 11 is 0. The zero-order valence-electron chi connectivity index (χ0n) is 14.9. The Balaban J connectivity index is 1.59. The van der Waals surface area contributed by atoms with Crippen molar-refractivity contribution in [3.8, 4) is 5.75 Å². The third kappa shape index (κ3) is 3.97. The van der Waals surface area contributed by atoms with Crippen LogP contribution in [0.5, 0.6) is 5.75 Å². The second-order valence-corrected chi connectivity index (χ2v) is 7.92. The molecule has 0 aliphatic carbocycles. The van der Waals surface area contributed by atoms with Crippen molar-refractivity contribution in [1.29, 1.82) is 0 Å². The Kier molecular flexibility index (Phi) is 4.95. The molecule has 0 fully saturated rings. The van der Waals surface area contributed by atoms with E-state index in [4.69, 9.17) is 4.74 Å². The number of benzene rings is 3. The second kappa shape index (κ2) is 7.70. The van der Waals surface area contributed by atoms with Crippen molar-refractivity contribution in [3.63, 3.8) is 0 Å². The third-order valence-electron chi connectivity index (χ3n) is 4.27. The average molecular weight is 390 g/mol. The van der Waals surface area contributed by atoms with Gasteiger partial charge < -0.3 is 4.74 Å². The zero-order chi connectivity index (χ0) is 19.4. The van der Waals surface area contributed by atoms with Crippen LogP contribution in [0.4, 0.5) is 5.82 Å². The van der Waals surface area contributed by atoms with Crippen molar-refractivity contribution in [1.82, 2.24) is 4.98 Å². The second-order valence-electron chi connectivity index (χ2n) is 6.24. The molecular formula is C22H18N2O3S. The van der Waals surface area contributed by atoms with E-state index in [1.54, 1.807) is 30.3 Å². The Morgan fingerprint density at radius 1 is 0.821 bits per heavy atom. The van der Waals surface area contributed by atoms with Gasteiger partial charge in [-0.05, 0) is 40.6 Å². The molecule has 0 aliphatic heterocycles. The van der Waals surface area contributed by atoms with Crippen LogP contribution >= 0.6 is 0 Å². The molecule has 0 radical (unpaired) electrons. The highest BCUT2D eigenvalue weighted by atomic mass is 32.2. The van der Waals surface area contributed by atoms with E-state index in [1.165, 1.54) is 6.20 Å². The molecule has 5 nitrogen and oxygen atoms in total. The number of pyridine rings is 1. The summed E-state index contributed by atoms with van der Waals surface area (Å²) in [6.07, 6.45) is 1.52. The minimum atomic E-state index is -3.80. The molecule has 1 N–H and O–H groups in total. The Morgan fingerprint density at radius 3 is 2.39 bits per heavy atom. The molecule has 0 spiro atoms. The van der Waals surface area contributed by atoms with Crippen LogP contribution in [0.25, 0.3) is 10.8 Å². The average Bonchev–Trinajstić information content (AvgIpc) is 2.73. The zero-order valence-corrected chi connectivity index (χ0v) is 15.8. The molecule has 0 unspecified atom stereocenters. The topological polar surface area (TPSA) is 68.3 Å². The fourth-order valence-corrected chi connectivity index (χ4v) is 3.89. The number of rotatable bonds is 6. The van der Waals surface area contributed by atoms with Crippen LogP contribution in [0.1, 0.15) is 5.56 Å². The summed E-state index contributed by atoms with van der Waals surface area (Å²) in [4.78, 5) is 4.32. The van der Waals surface area contributed by atoms with E-state index >= 15 is 0 Å². The van der Waals surface area contributed by atoms with E-state index in [0.29, 0.717) is 12.4 Å². The van der Waals surface area contributed by atoms with E-state index in [2.05, 4.69) is 9.71 Å². The van der Waals surface area contributed by atoms with Crippen LogP contribution in [0.3, 0.4) is 0 Å². The lowest BCUT2D eigenvalue weighted by Gasteiger charge is -2.13. The van der Waals surface area contributed by atoms with Crippen molar-refractivity contribution in [3.05, 3.63) is 96.7 Å². The molecular weight excluding hydrogens is 372 g/mol. The molecule has 140 valence electrons. The van der Waals surface area contributed by atoms with Gasteiger partial charge in [0.25, 0.3) is 10.0 Å². The van der Waals surface area contributed by atoms with E-state index in [9.17, 15) is 8.42 Å². The Labute approximate surface area is 163 Å². The van der Waals surface area contributed by atoms with Crippen molar-refractivity contribution in [2.45, 2.75) is 11.5 Å². The van der Waals surface area contributed by atoms with Gasteiger partial charge in [-0.1, -0.05) is 60.7 Å². The van der Waals surface area contributed by atoms with Crippen LogP contribution in [-0.2, 0) is 16.6 Å². The highest BCUT2D eigenvalue weighted by Gasteiger charge is 2.18. The molecule has 4 aromatic rings. The van der Waals surface area contributed by atoms with Gasteiger partial charge in [0.1, 0.15) is 6.61 Å². The summed E-state index contributed by atoms with van der Waals surface area (Å²) in [7, 11) is -3.80. The minimum Gasteiger partial charge on any atom is -0.485 e. The minimum absolute atomic E-state index is 0.159. The lowest BCUT2D eigenvalue weighted by atomic mass is 10.1. The first-order valence-corrected chi connectivity index (χ1v) is 10.2. The maximum atomic E-state index is 12.9. The van der Waals surface area contributed by atoms with Gasteiger partial charge in [0.05, 0.1) is 4.90 Å². The Hall–Kier alpha value is -3.38. The van der Waals surface area contributed by atoms with Crippen LogP contribution in [0.2, 0.25) is 0 Å². The van der Waals surface area contributed by atoms with Gasteiger partial charge in [0, 0.05) is 6.20 Å². The highest BCUT2D eigenvalue weighted by Crippen LogP contribution is 2.26. The number of nitrogens with zero attached hydrogens (tertiary/aromatic N) is 1. The SMILES string of the molecule is O=S(=O)(Nc1ncccc1OCc1ccccc1)c1ccc2ccccc2c1. The molecule has 0 amide bonds. The van der Waals surface area contributed by atoms with Crippen molar-refractivity contribution in [2.24, 2.45) is 0 Å². The summed E-state index contributed by atoms with van der Waals surface area (Å²) < 4.78 is 34.1. The molecule has 0 saturated carbocycles. The maximum absolute atomic E-state index is 12.9. The van der Waals surface area contributed by atoms with Gasteiger partial charge in [-0.25, -0.2) is 13.4 Å². The molecule has 0 aliphatic rings. The van der Waals surface area contributed by atoms with Gasteiger partial charge in [-0.2, -0.15) is 0 Å². The number of sulfonamides is 1. The van der Waals surface area contributed by atoms with Crippen molar-refractivity contribution < 1.29 is 13.2 Å². The molecule has 0 bridgehead atoms. The van der Waals surface area contributed by atoms with E-state index in [-0.39, 0.29) is 10.7 Å². The molecule has 3 aromatic carbocycles. The molecule has 4 rings (SSSR count). The molecule has 1 heterocycles. The number of anilines is 1. The first-order valence-electron chi connectivity index (χ1n) is 8.75. The predicted molar refractivity (Wildman–Crippen MR) is 110 cm³/mol. The summed E-state index contributed by atoms with van der Waals surface area (Å²) in [5, 5.41) is 1.83. The Morgan fingerprint density at radius 2 is 1.57 bits per heavy atom. The van der Waals surface area contributed by atoms with Crippen LogP contribution in [-0.4, -0.2) is 13.4 Å². The Bertz CT molecular complexity index is 1210. The number of aromatic nitrogens is 1. The maximum Gasteiger partial charge on any atom is 0.263 e. The number of ether oxygens (including phenoxy) is 1. The normalized spacial score (nSPS) is 11.3. The van der Waals surface area contributed by atoms with Crippen LogP contribution in [0.15, 0.2) is 96.0 Å². The largest absolute Gasteiger partial charge is 0.485 e. The third-order valence-corrected chi connectivity index (χ3v) is 5.61. The number of fused-ring (bicyclic) bond motifs is 1. The van der Waals surface area contributed by atoms with Gasteiger partial charge in [-0.15, -0.1) is 0 Å². The van der Waals surface area contributed by atoms with Crippen molar-refractivity contribution in [2.75, 3.05) is 4.72 Å². The highest BCUT2D eigenvalue weighted by molar-refractivity contribution is 7.92. The van der Waals surface area contributed by atoms with Gasteiger partial charge in [0.15, 0.2) is 11.6 Å². The van der Waals surface area contributed by atoms with Gasteiger partial charge >= 0.3 is 0 Å². The monoisotopic (exact) mass is 390 g/mol. The fraction of sp³-hybridized carbons (Fsp3) is 0.0455.